The van der Waals surface area contributed by atoms with Crippen LogP contribution in [0, 0.1) is 6.92 Å². The van der Waals surface area contributed by atoms with Crippen molar-refractivity contribution in [1.29, 1.82) is 0 Å². The first-order chi connectivity index (χ1) is 10.2. The van der Waals surface area contributed by atoms with E-state index >= 15 is 0 Å². The number of carbonyl (C=O) groups is 1. The maximum Gasteiger partial charge on any atom is 0.221 e. The van der Waals surface area contributed by atoms with Crippen LogP contribution >= 0.6 is 0 Å². The predicted molar refractivity (Wildman–Crippen MR) is 81.1 cm³/mol. The molecule has 1 fully saturated rings. The van der Waals surface area contributed by atoms with Gasteiger partial charge in [0.2, 0.25) is 5.91 Å². The highest BCUT2D eigenvalue weighted by molar-refractivity contribution is 5.75. The average molecular weight is 294 g/mol. The molecule has 6 heteroatoms. The van der Waals surface area contributed by atoms with Crippen molar-refractivity contribution in [3.05, 3.63) is 18.0 Å². The number of aromatic nitrogens is 2. The number of unbranched alkanes of at least 4 members (excludes halogenated alkanes) is 1. The fourth-order valence-electron chi connectivity index (χ4n) is 2.41. The van der Waals surface area contributed by atoms with Crippen LogP contribution in [0.25, 0.3) is 0 Å². The molecular formula is C15H26N4O2. The Balaban J connectivity index is 1.47. The second-order valence-corrected chi connectivity index (χ2v) is 5.54. The van der Waals surface area contributed by atoms with Crippen molar-refractivity contribution >= 4 is 5.91 Å². The Morgan fingerprint density at radius 1 is 1.33 bits per heavy atom. The number of nitrogens with one attached hydrogen (secondary N) is 1. The number of carbonyl (C=O) groups excluding carboxylic acids is 1. The molecule has 0 unspecified atom stereocenters. The summed E-state index contributed by atoms with van der Waals surface area (Å²) in [4.78, 5) is 14.1. The largest absolute Gasteiger partial charge is 0.379 e. The van der Waals surface area contributed by atoms with E-state index in [0.29, 0.717) is 13.0 Å². The van der Waals surface area contributed by atoms with Gasteiger partial charge in [0.1, 0.15) is 0 Å². The zero-order valence-electron chi connectivity index (χ0n) is 12.9. The third-order valence-corrected chi connectivity index (χ3v) is 3.66. The smallest absolute Gasteiger partial charge is 0.221 e. The van der Waals surface area contributed by atoms with Gasteiger partial charge in [0, 0.05) is 38.8 Å². The molecule has 1 aliphatic heterocycles. The average Bonchev–Trinajstić information content (AvgIpc) is 2.91. The SMILES string of the molecule is Cc1cnn(CCC(=O)NCCCCN2CCOCC2)c1. The van der Waals surface area contributed by atoms with Crippen LogP contribution in [0.3, 0.4) is 0 Å². The highest BCUT2D eigenvalue weighted by atomic mass is 16.5. The first-order valence-electron chi connectivity index (χ1n) is 7.80. The molecule has 1 aromatic heterocycles. The molecule has 0 atom stereocenters. The fourth-order valence-corrected chi connectivity index (χ4v) is 2.41. The van der Waals surface area contributed by atoms with Crippen molar-refractivity contribution < 1.29 is 9.53 Å². The first-order valence-corrected chi connectivity index (χ1v) is 7.80. The summed E-state index contributed by atoms with van der Waals surface area (Å²) in [5.41, 5.74) is 1.12. The molecule has 1 saturated heterocycles. The summed E-state index contributed by atoms with van der Waals surface area (Å²) in [6, 6.07) is 0. The van der Waals surface area contributed by atoms with Crippen LogP contribution in [-0.2, 0) is 16.1 Å². The number of aryl methyl sites for hydroxylation is 2. The minimum atomic E-state index is 0.106. The third kappa shape index (κ3) is 6.27. The van der Waals surface area contributed by atoms with Gasteiger partial charge in [-0.2, -0.15) is 5.10 Å². The zero-order valence-corrected chi connectivity index (χ0v) is 12.9. The molecule has 1 aromatic rings. The summed E-state index contributed by atoms with van der Waals surface area (Å²) in [6.45, 7) is 8.29. The number of hydrogen-bond donors (Lipinski definition) is 1. The highest BCUT2D eigenvalue weighted by Crippen LogP contribution is 2.00. The van der Waals surface area contributed by atoms with Crippen molar-refractivity contribution in [1.82, 2.24) is 20.0 Å². The van der Waals surface area contributed by atoms with E-state index in [1.54, 1.807) is 0 Å². The summed E-state index contributed by atoms with van der Waals surface area (Å²) >= 11 is 0. The number of nitrogens with zero attached hydrogens (tertiary/aromatic N) is 3. The van der Waals surface area contributed by atoms with E-state index in [4.69, 9.17) is 4.74 Å². The van der Waals surface area contributed by atoms with E-state index in [9.17, 15) is 4.79 Å². The molecule has 21 heavy (non-hydrogen) atoms. The van der Waals surface area contributed by atoms with Crippen molar-refractivity contribution in [3.8, 4) is 0 Å². The molecule has 0 aromatic carbocycles. The van der Waals surface area contributed by atoms with E-state index in [0.717, 1.165) is 57.8 Å². The Bertz CT molecular complexity index is 427. The maximum atomic E-state index is 11.7. The lowest BCUT2D eigenvalue weighted by molar-refractivity contribution is -0.121. The van der Waals surface area contributed by atoms with Crippen LogP contribution in [0.1, 0.15) is 24.8 Å². The van der Waals surface area contributed by atoms with Crippen LogP contribution in [0.5, 0.6) is 0 Å². The molecule has 0 aliphatic carbocycles. The van der Waals surface area contributed by atoms with Gasteiger partial charge in [-0.25, -0.2) is 0 Å². The van der Waals surface area contributed by atoms with Gasteiger partial charge in [0.25, 0.3) is 0 Å². The van der Waals surface area contributed by atoms with Gasteiger partial charge in [0.15, 0.2) is 0 Å². The topological polar surface area (TPSA) is 59.4 Å². The summed E-state index contributed by atoms with van der Waals surface area (Å²) < 4.78 is 7.13. The molecule has 2 heterocycles. The lowest BCUT2D eigenvalue weighted by atomic mass is 10.2. The first kappa shape index (κ1) is 16.0. The van der Waals surface area contributed by atoms with Gasteiger partial charge in [-0.15, -0.1) is 0 Å². The predicted octanol–water partition coefficient (Wildman–Crippen LogP) is 0.810. The number of ether oxygens (including phenoxy) is 1. The van der Waals surface area contributed by atoms with E-state index in [1.807, 2.05) is 24.0 Å². The van der Waals surface area contributed by atoms with E-state index in [2.05, 4.69) is 15.3 Å². The molecule has 2 rings (SSSR count). The van der Waals surface area contributed by atoms with Crippen LogP contribution < -0.4 is 5.32 Å². The maximum absolute atomic E-state index is 11.7. The van der Waals surface area contributed by atoms with Crippen molar-refractivity contribution in [3.63, 3.8) is 0 Å². The lowest BCUT2D eigenvalue weighted by Crippen LogP contribution is -2.37. The molecular weight excluding hydrogens is 268 g/mol. The van der Waals surface area contributed by atoms with E-state index < -0.39 is 0 Å². The van der Waals surface area contributed by atoms with Crippen LogP contribution in [0.4, 0.5) is 0 Å². The molecule has 1 amide bonds. The van der Waals surface area contributed by atoms with E-state index in [1.165, 1.54) is 0 Å². The normalized spacial score (nSPS) is 16.0. The monoisotopic (exact) mass is 294 g/mol. The Morgan fingerprint density at radius 3 is 2.86 bits per heavy atom. The summed E-state index contributed by atoms with van der Waals surface area (Å²) in [5.74, 6) is 0.106. The van der Waals surface area contributed by atoms with Crippen LogP contribution in [0.2, 0.25) is 0 Å². The van der Waals surface area contributed by atoms with Gasteiger partial charge < -0.3 is 10.1 Å². The van der Waals surface area contributed by atoms with Gasteiger partial charge in [-0.1, -0.05) is 0 Å². The van der Waals surface area contributed by atoms with Crippen LogP contribution in [-0.4, -0.2) is 60.0 Å². The molecule has 6 nitrogen and oxygen atoms in total. The molecule has 0 radical (unpaired) electrons. The van der Waals surface area contributed by atoms with Crippen molar-refractivity contribution in [2.45, 2.75) is 32.7 Å². The summed E-state index contributed by atoms with van der Waals surface area (Å²) in [5, 5.41) is 7.14. The number of hydrogen-bond acceptors (Lipinski definition) is 4. The third-order valence-electron chi connectivity index (χ3n) is 3.66. The zero-order chi connectivity index (χ0) is 14.9. The Morgan fingerprint density at radius 2 is 2.14 bits per heavy atom. The molecule has 118 valence electrons. The molecule has 0 spiro atoms. The quantitative estimate of drug-likeness (QED) is 0.721. The van der Waals surface area contributed by atoms with Gasteiger partial charge >= 0.3 is 0 Å². The molecule has 0 bridgehead atoms. The Labute approximate surface area is 126 Å². The second kappa shape index (κ2) is 8.79. The Hall–Kier alpha value is -1.40. The number of amides is 1. The van der Waals surface area contributed by atoms with Crippen molar-refractivity contribution in [2.75, 3.05) is 39.4 Å². The number of rotatable bonds is 8. The fraction of sp³-hybridized carbons (Fsp3) is 0.733. The summed E-state index contributed by atoms with van der Waals surface area (Å²) in [7, 11) is 0. The lowest BCUT2D eigenvalue weighted by Gasteiger charge is -2.26. The summed E-state index contributed by atoms with van der Waals surface area (Å²) in [6.07, 6.45) is 6.41. The van der Waals surface area contributed by atoms with Gasteiger partial charge in [0.05, 0.1) is 19.4 Å². The molecule has 0 saturated carbocycles. The van der Waals surface area contributed by atoms with E-state index in [-0.39, 0.29) is 5.91 Å². The molecule has 1 aliphatic rings. The van der Waals surface area contributed by atoms with Gasteiger partial charge in [-0.3, -0.25) is 14.4 Å². The minimum absolute atomic E-state index is 0.106. The Kier molecular flexibility index (Phi) is 6.69. The minimum Gasteiger partial charge on any atom is -0.379 e. The molecule has 1 N–H and O–H groups in total. The standard InChI is InChI=1S/C15H26N4O2/c1-14-12-17-19(13-14)7-4-15(20)16-5-2-3-6-18-8-10-21-11-9-18/h12-13H,2-11H2,1H3,(H,16,20). The highest BCUT2D eigenvalue weighted by Gasteiger charge is 2.09. The number of morpholine rings is 1. The van der Waals surface area contributed by atoms with Gasteiger partial charge in [-0.05, 0) is 31.9 Å². The van der Waals surface area contributed by atoms with Crippen LogP contribution in [0.15, 0.2) is 12.4 Å². The second-order valence-electron chi connectivity index (χ2n) is 5.54. The van der Waals surface area contributed by atoms with Crippen molar-refractivity contribution in [2.24, 2.45) is 0 Å².